The Hall–Kier alpha value is -1.93. The number of carbonyl (C=O) groups is 2. The number of aliphatic hydroxyl groups excluding tert-OH is 1. The Morgan fingerprint density at radius 3 is 1.10 bits per heavy atom. The molecule has 60 heavy (non-hydrogen) atoms. The summed E-state index contributed by atoms with van der Waals surface area (Å²) in [7, 11) is 0. The number of unbranched alkanes of at least 4 members (excludes halogenated alkanes) is 24. The molecule has 0 saturated carbocycles. The molecule has 0 aromatic rings. The van der Waals surface area contributed by atoms with Crippen molar-refractivity contribution in [2.45, 2.75) is 239 Å². The normalized spacial score (nSPS) is 11.4. The maximum absolute atomic E-state index is 12.1. The molecule has 0 spiro atoms. The second-order valence-electron chi connectivity index (χ2n) is 17.4. The molecule has 0 amide bonds. The van der Waals surface area contributed by atoms with Crippen molar-refractivity contribution in [1.82, 2.24) is 9.80 Å². The van der Waals surface area contributed by atoms with Gasteiger partial charge in [-0.25, -0.2) is 4.79 Å². The Morgan fingerprint density at radius 2 is 0.700 bits per heavy atom. The number of aliphatic hydroxyl groups is 1. The summed E-state index contributed by atoms with van der Waals surface area (Å²) in [6, 6.07) is 0. The molecule has 9 heteroatoms. The van der Waals surface area contributed by atoms with Crippen molar-refractivity contribution >= 4 is 17.9 Å². The number of carbonyl (C=O) groups excluding carboxylic acids is 3. The fourth-order valence-corrected chi connectivity index (χ4v) is 7.73. The lowest BCUT2D eigenvalue weighted by Gasteiger charge is -2.26. The van der Waals surface area contributed by atoms with Gasteiger partial charge in [0, 0.05) is 25.8 Å². The van der Waals surface area contributed by atoms with Gasteiger partial charge < -0.3 is 29.1 Å². The van der Waals surface area contributed by atoms with Crippen LogP contribution in [0.2, 0.25) is 0 Å². The predicted octanol–water partition coefficient (Wildman–Crippen LogP) is 12.7. The van der Waals surface area contributed by atoms with E-state index in [4.69, 9.17) is 14.2 Å². The van der Waals surface area contributed by atoms with Crippen LogP contribution in [0, 0.1) is 0 Å². The number of nitrogens with zero attached hydrogens (tertiary/aromatic N) is 2. The van der Waals surface area contributed by atoms with Gasteiger partial charge in [-0.1, -0.05) is 156 Å². The zero-order valence-corrected chi connectivity index (χ0v) is 39.9. The number of esters is 2. The Kier molecular flexibility index (Phi) is 46.6. The highest BCUT2D eigenvalue weighted by Crippen LogP contribution is 2.14. The fraction of sp³-hybridized carbons (Fsp3) is 0.922. The SMILES string of the molecule is CCCCCCCOC(=O)CCCCCCCN(CCCCCCCC(=O)OCCCCCCC)CCCN(CCO)CCCCCCCC(=C=O)OCCCCCCC. The van der Waals surface area contributed by atoms with Gasteiger partial charge in [-0.15, -0.1) is 0 Å². The van der Waals surface area contributed by atoms with Crippen LogP contribution in [0.3, 0.4) is 0 Å². The zero-order valence-electron chi connectivity index (χ0n) is 39.9. The van der Waals surface area contributed by atoms with E-state index < -0.39 is 0 Å². The van der Waals surface area contributed by atoms with Crippen LogP contribution in [-0.4, -0.2) is 98.5 Å². The third-order valence-electron chi connectivity index (χ3n) is 11.6. The third kappa shape index (κ3) is 42.7. The smallest absolute Gasteiger partial charge is 0.305 e. The summed E-state index contributed by atoms with van der Waals surface area (Å²) in [4.78, 5) is 40.6. The molecular formula is C51H98N2O7. The molecule has 0 aromatic heterocycles. The molecule has 0 aliphatic heterocycles. The van der Waals surface area contributed by atoms with Gasteiger partial charge in [-0.05, 0) is 96.9 Å². The van der Waals surface area contributed by atoms with Crippen LogP contribution in [0.15, 0.2) is 5.76 Å². The molecule has 0 atom stereocenters. The van der Waals surface area contributed by atoms with Crippen LogP contribution in [0.5, 0.6) is 0 Å². The first-order valence-electron chi connectivity index (χ1n) is 25.7. The molecule has 354 valence electrons. The second kappa shape index (κ2) is 48.1. The number of allylic oxidation sites excluding steroid dienone is 1. The molecule has 0 bridgehead atoms. The van der Waals surface area contributed by atoms with Crippen molar-refractivity contribution in [2.75, 3.05) is 65.7 Å². The molecule has 1 N–H and O–H groups in total. The topological polar surface area (TPSA) is 106 Å². The van der Waals surface area contributed by atoms with E-state index in [-0.39, 0.29) is 18.5 Å². The standard InChI is InChI=1S/C51H98N2O7/c1-4-7-10-22-31-45-58-49(48-55)35-25-16-13-19-30-40-53(43-44-54)42-34-41-52(38-28-20-14-17-26-36-50(56)59-46-32-23-11-8-5-2)39-29-21-15-18-27-37-51(57)60-47-33-24-12-9-6-3/h54H,4-47H2,1-3H3. The largest absolute Gasteiger partial charge is 0.487 e. The van der Waals surface area contributed by atoms with Crippen LogP contribution in [-0.2, 0) is 28.6 Å². The average molecular weight is 851 g/mol. The van der Waals surface area contributed by atoms with E-state index in [9.17, 15) is 19.5 Å². The van der Waals surface area contributed by atoms with Gasteiger partial charge in [0.05, 0.1) is 26.4 Å². The summed E-state index contributed by atoms with van der Waals surface area (Å²) < 4.78 is 16.5. The van der Waals surface area contributed by atoms with E-state index in [1.165, 1.54) is 83.5 Å². The summed E-state index contributed by atoms with van der Waals surface area (Å²) in [5.74, 6) is 2.43. The highest BCUT2D eigenvalue weighted by atomic mass is 16.5. The lowest BCUT2D eigenvalue weighted by atomic mass is 10.1. The summed E-state index contributed by atoms with van der Waals surface area (Å²) in [6.07, 6.45) is 37.0. The molecule has 0 aromatic carbocycles. The van der Waals surface area contributed by atoms with Crippen LogP contribution >= 0.6 is 0 Å². The van der Waals surface area contributed by atoms with Crippen molar-refractivity contribution in [1.29, 1.82) is 0 Å². The number of hydrogen-bond acceptors (Lipinski definition) is 9. The van der Waals surface area contributed by atoms with Crippen molar-refractivity contribution in [3.05, 3.63) is 5.76 Å². The van der Waals surface area contributed by atoms with E-state index in [0.717, 1.165) is 155 Å². The van der Waals surface area contributed by atoms with Gasteiger partial charge >= 0.3 is 11.9 Å². The molecule has 0 rings (SSSR count). The Bertz CT molecular complexity index is 931. The van der Waals surface area contributed by atoms with Crippen LogP contribution in [0.4, 0.5) is 0 Å². The van der Waals surface area contributed by atoms with Crippen molar-refractivity contribution in [3.63, 3.8) is 0 Å². The van der Waals surface area contributed by atoms with E-state index in [2.05, 4.69) is 30.6 Å². The number of rotatable bonds is 49. The second-order valence-corrected chi connectivity index (χ2v) is 17.4. The monoisotopic (exact) mass is 851 g/mol. The molecular weight excluding hydrogens is 753 g/mol. The van der Waals surface area contributed by atoms with Gasteiger partial charge in [0.2, 0.25) is 0 Å². The summed E-state index contributed by atoms with van der Waals surface area (Å²) in [5.41, 5.74) is 0. The minimum Gasteiger partial charge on any atom is -0.487 e. The average Bonchev–Trinajstić information content (AvgIpc) is 3.25. The first kappa shape index (κ1) is 58.1. The molecule has 0 fully saturated rings. The summed E-state index contributed by atoms with van der Waals surface area (Å²) in [5, 5.41) is 9.78. The number of ether oxygens (including phenoxy) is 3. The van der Waals surface area contributed by atoms with Crippen molar-refractivity contribution in [2.24, 2.45) is 0 Å². The maximum Gasteiger partial charge on any atom is 0.305 e. The lowest BCUT2D eigenvalue weighted by Crippen LogP contribution is -2.33. The van der Waals surface area contributed by atoms with Gasteiger partial charge in [0.15, 0.2) is 11.7 Å². The summed E-state index contributed by atoms with van der Waals surface area (Å²) >= 11 is 0. The van der Waals surface area contributed by atoms with Crippen molar-refractivity contribution < 1.29 is 33.7 Å². The molecule has 0 saturated heterocycles. The highest BCUT2D eigenvalue weighted by molar-refractivity contribution is 5.69. The third-order valence-corrected chi connectivity index (χ3v) is 11.6. The first-order chi connectivity index (χ1) is 29.5. The Morgan fingerprint density at radius 1 is 0.383 bits per heavy atom. The van der Waals surface area contributed by atoms with Crippen LogP contribution < -0.4 is 0 Å². The van der Waals surface area contributed by atoms with E-state index in [1.807, 2.05) is 5.94 Å². The highest BCUT2D eigenvalue weighted by Gasteiger charge is 2.10. The minimum atomic E-state index is -0.0354. The number of hydrogen-bond donors (Lipinski definition) is 1. The van der Waals surface area contributed by atoms with Crippen molar-refractivity contribution in [3.8, 4) is 0 Å². The minimum absolute atomic E-state index is 0.0354. The zero-order chi connectivity index (χ0) is 43.8. The van der Waals surface area contributed by atoms with E-state index in [1.54, 1.807) is 0 Å². The van der Waals surface area contributed by atoms with Crippen LogP contribution in [0.25, 0.3) is 0 Å². The summed E-state index contributed by atoms with van der Waals surface area (Å²) in [6.45, 7) is 14.6. The first-order valence-corrected chi connectivity index (χ1v) is 25.7. The molecule has 0 aliphatic rings. The van der Waals surface area contributed by atoms with Gasteiger partial charge in [0.25, 0.3) is 0 Å². The molecule has 0 unspecified atom stereocenters. The predicted molar refractivity (Wildman–Crippen MR) is 251 cm³/mol. The Labute approximate surface area is 370 Å². The Balaban J connectivity index is 4.49. The van der Waals surface area contributed by atoms with E-state index >= 15 is 0 Å². The van der Waals surface area contributed by atoms with Gasteiger partial charge in [-0.3, -0.25) is 9.59 Å². The quantitative estimate of drug-likeness (QED) is 0.0277. The van der Waals surface area contributed by atoms with Gasteiger partial charge in [0.1, 0.15) is 0 Å². The van der Waals surface area contributed by atoms with Gasteiger partial charge in [-0.2, -0.15) is 0 Å². The van der Waals surface area contributed by atoms with Crippen LogP contribution in [0.1, 0.15) is 239 Å². The molecule has 0 heterocycles. The lowest BCUT2D eigenvalue weighted by molar-refractivity contribution is -0.144. The van der Waals surface area contributed by atoms with E-state index in [0.29, 0.717) is 44.8 Å². The molecule has 0 radical (unpaired) electrons. The maximum atomic E-state index is 12.1. The molecule has 0 aliphatic carbocycles. The molecule has 9 nitrogen and oxygen atoms in total. The fourth-order valence-electron chi connectivity index (χ4n) is 7.73.